The van der Waals surface area contributed by atoms with Crippen LogP contribution in [-0.4, -0.2) is 17.7 Å². The number of rotatable bonds is 6. The van der Waals surface area contributed by atoms with E-state index in [0.29, 0.717) is 47.4 Å². The molecule has 0 aliphatic carbocycles. The summed E-state index contributed by atoms with van der Waals surface area (Å²) >= 11 is 7.34. The van der Waals surface area contributed by atoms with Crippen LogP contribution in [0.15, 0.2) is 52.3 Å². The molecular formula is C21H19ClN2O3S. The highest BCUT2D eigenvalue weighted by Gasteiger charge is 2.11. The molecule has 0 radical (unpaired) electrons. The van der Waals surface area contributed by atoms with Crippen LogP contribution in [-0.2, 0) is 13.2 Å². The summed E-state index contributed by atoms with van der Waals surface area (Å²) in [4.78, 5) is 17.6. The van der Waals surface area contributed by atoms with Crippen molar-refractivity contribution >= 4 is 29.0 Å². The summed E-state index contributed by atoms with van der Waals surface area (Å²) < 4.78 is 14.1. The Hall–Kier alpha value is -2.57. The SMILES string of the molecule is CCOc1cc(/C=c2\sc3n(c2=O)CCN=3)ccc1OCc1ccc(Cl)cc1. The Labute approximate surface area is 171 Å². The van der Waals surface area contributed by atoms with Gasteiger partial charge in [-0.2, -0.15) is 0 Å². The van der Waals surface area contributed by atoms with Gasteiger partial charge in [-0.25, -0.2) is 0 Å². The van der Waals surface area contributed by atoms with Crippen LogP contribution in [0.3, 0.4) is 0 Å². The first kappa shape index (κ1) is 18.8. The highest BCUT2D eigenvalue weighted by Crippen LogP contribution is 2.29. The molecule has 2 aromatic carbocycles. The van der Waals surface area contributed by atoms with Gasteiger partial charge in [-0.3, -0.25) is 14.4 Å². The Kier molecular flexibility index (Phi) is 5.50. The second-order valence-corrected chi connectivity index (χ2v) is 7.73. The minimum atomic E-state index is 0.0160. The third kappa shape index (κ3) is 3.98. The monoisotopic (exact) mass is 414 g/mol. The van der Waals surface area contributed by atoms with Crippen molar-refractivity contribution in [2.75, 3.05) is 13.2 Å². The summed E-state index contributed by atoms with van der Waals surface area (Å²) in [5, 5.41) is 0.696. The predicted octanol–water partition coefficient (Wildman–Crippen LogP) is 3.00. The van der Waals surface area contributed by atoms with E-state index in [2.05, 4.69) is 4.99 Å². The van der Waals surface area contributed by atoms with E-state index in [-0.39, 0.29) is 5.56 Å². The Morgan fingerprint density at radius 1 is 1.18 bits per heavy atom. The average Bonchev–Trinajstić information content (AvgIpc) is 3.26. The van der Waals surface area contributed by atoms with E-state index >= 15 is 0 Å². The van der Waals surface area contributed by atoms with Gasteiger partial charge in [0, 0.05) is 11.6 Å². The van der Waals surface area contributed by atoms with Crippen molar-refractivity contribution in [3.63, 3.8) is 0 Å². The fourth-order valence-corrected chi connectivity index (χ4v) is 4.12. The lowest BCUT2D eigenvalue weighted by molar-refractivity contribution is 0.269. The van der Waals surface area contributed by atoms with Crippen LogP contribution in [0.25, 0.3) is 6.08 Å². The highest BCUT2D eigenvalue weighted by molar-refractivity contribution is 7.07. The van der Waals surface area contributed by atoms with Crippen molar-refractivity contribution in [2.24, 2.45) is 4.99 Å². The topological polar surface area (TPSA) is 52.8 Å². The van der Waals surface area contributed by atoms with E-state index in [0.717, 1.165) is 15.9 Å². The van der Waals surface area contributed by atoms with Gasteiger partial charge in [0.1, 0.15) is 6.61 Å². The zero-order chi connectivity index (χ0) is 19.5. The maximum atomic E-state index is 12.4. The minimum absolute atomic E-state index is 0.0160. The molecule has 1 aliphatic rings. The van der Waals surface area contributed by atoms with E-state index in [1.165, 1.54) is 11.3 Å². The Balaban J connectivity index is 1.61. The summed E-state index contributed by atoms with van der Waals surface area (Å²) in [5.41, 5.74) is 1.93. The number of ether oxygens (including phenoxy) is 2. The van der Waals surface area contributed by atoms with Crippen LogP contribution in [0, 0.1) is 0 Å². The molecule has 0 fully saturated rings. The molecule has 3 aromatic rings. The zero-order valence-electron chi connectivity index (χ0n) is 15.4. The van der Waals surface area contributed by atoms with Crippen molar-refractivity contribution in [2.45, 2.75) is 20.1 Å². The van der Waals surface area contributed by atoms with Crippen molar-refractivity contribution in [1.82, 2.24) is 4.57 Å². The number of halogens is 1. The lowest BCUT2D eigenvalue weighted by Crippen LogP contribution is -2.29. The van der Waals surface area contributed by atoms with Gasteiger partial charge in [-0.1, -0.05) is 41.1 Å². The lowest BCUT2D eigenvalue weighted by atomic mass is 10.2. The Bertz CT molecular complexity index is 1170. The normalized spacial score (nSPS) is 13.3. The van der Waals surface area contributed by atoms with Crippen LogP contribution in [0.2, 0.25) is 5.02 Å². The van der Waals surface area contributed by atoms with Gasteiger partial charge in [-0.15, -0.1) is 0 Å². The molecule has 0 bridgehead atoms. The van der Waals surface area contributed by atoms with Gasteiger partial charge in [-0.05, 0) is 48.4 Å². The fraction of sp³-hybridized carbons (Fsp3) is 0.238. The molecule has 0 saturated carbocycles. The standard InChI is InChI=1S/C21H19ClN2O3S/c1-2-26-18-11-15(12-19-20(25)24-10-9-23-21(24)28-19)5-8-17(18)27-13-14-3-6-16(22)7-4-14/h3-8,11-12H,2,9-10,13H2,1H3/b19-12-. The molecule has 1 aliphatic heterocycles. The molecule has 4 rings (SSSR count). The predicted molar refractivity (Wildman–Crippen MR) is 111 cm³/mol. The van der Waals surface area contributed by atoms with E-state index < -0.39 is 0 Å². The number of hydrogen-bond acceptors (Lipinski definition) is 5. The second-order valence-electron chi connectivity index (χ2n) is 6.29. The maximum Gasteiger partial charge on any atom is 0.270 e. The third-order valence-corrected chi connectivity index (χ3v) is 5.63. The van der Waals surface area contributed by atoms with Gasteiger partial charge in [0.25, 0.3) is 5.56 Å². The number of hydrogen-bond donors (Lipinski definition) is 0. The summed E-state index contributed by atoms with van der Waals surface area (Å²) in [5.74, 6) is 1.31. The number of benzene rings is 2. The first-order valence-electron chi connectivity index (χ1n) is 9.04. The third-order valence-electron chi connectivity index (χ3n) is 4.33. The summed E-state index contributed by atoms with van der Waals surface area (Å²) in [6.45, 7) is 4.23. The molecule has 7 heteroatoms. The summed E-state index contributed by atoms with van der Waals surface area (Å²) in [6.07, 6.45) is 1.87. The van der Waals surface area contributed by atoms with Crippen molar-refractivity contribution in [1.29, 1.82) is 0 Å². The number of nitrogens with zero attached hydrogens (tertiary/aromatic N) is 2. The summed E-state index contributed by atoms with van der Waals surface area (Å²) in [6, 6.07) is 13.2. The highest BCUT2D eigenvalue weighted by atomic mass is 35.5. The van der Waals surface area contributed by atoms with Gasteiger partial charge in [0.2, 0.25) is 0 Å². The molecule has 144 valence electrons. The van der Waals surface area contributed by atoms with Crippen LogP contribution >= 0.6 is 22.9 Å². The van der Waals surface area contributed by atoms with E-state index in [4.69, 9.17) is 21.1 Å². The minimum Gasteiger partial charge on any atom is -0.490 e. The molecule has 1 aromatic heterocycles. The fourth-order valence-electron chi connectivity index (χ4n) is 2.96. The molecule has 5 nitrogen and oxygen atoms in total. The van der Waals surface area contributed by atoms with Crippen LogP contribution < -0.4 is 24.4 Å². The molecule has 0 N–H and O–H groups in total. The van der Waals surface area contributed by atoms with Gasteiger partial charge in [0.15, 0.2) is 16.3 Å². The maximum absolute atomic E-state index is 12.4. The zero-order valence-corrected chi connectivity index (χ0v) is 16.9. The molecule has 2 heterocycles. The molecule has 0 atom stereocenters. The molecule has 0 amide bonds. The molecule has 0 unspecified atom stereocenters. The van der Waals surface area contributed by atoms with E-state index in [9.17, 15) is 4.79 Å². The molecule has 0 spiro atoms. The lowest BCUT2D eigenvalue weighted by Gasteiger charge is -2.12. The van der Waals surface area contributed by atoms with Gasteiger partial charge >= 0.3 is 0 Å². The molecule has 28 heavy (non-hydrogen) atoms. The molecule has 0 saturated heterocycles. The van der Waals surface area contributed by atoms with Crippen molar-refractivity contribution in [3.05, 3.63) is 78.3 Å². The van der Waals surface area contributed by atoms with Gasteiger partial charge < -0.3 is 9.47 Å². The first-order chi connectivity index (χ1) is 13.6. The van der Waals surface area contributed by atoms with E-state index in [1.54, 1.807) is 4.57 Å². The van der Waals surface area contributed by atoms with Crippen LogP contribution in [0.1, 0.15) is 18.1 Å². The first-order valence-corrected chi connectivity index (χ1v) is 10.2. The Morgan fingerprint density at radius 2 is 2.00 bits per heavy atom. The quantitative estimate of drug-likeness (QED) is 0.623. The smallest absolute Gasteiger partial charge is 0.270 e. The Morgan fingerprint density at radius 3 is 2.75 bits per heavy atom. The summed E-state index contributed by atoms with van der Waals surface area (Å²) in [7, 11) is 0. The van der Waals surface area contributed by atoms with Crippen LogP contribution in [0.5, 0.6) is 11.5 Å². The second kappa shape index (κ2) is 8.20. The number of thiazole rings is 1. The van der Waals surface area contributed by atoms with Crippen molar-refractivity contribution in [3.8, 4) is 11.5 Å². The average molecular weight is 415 g/mol. The van der Waals surface area contributed by atoms with E-state index in [1.807, 2.05) is 55.5 Å². The van der Waals surface area contributed by atoms with Crippen molar-refractivity contribution < 1.29 is 9.47 Å². The molecular weight excluding hydrogens is 396 g/mol. The number of aromatic nitrogens is 1. The largest absolute Gasteiger partial charge is 0.490 e. The number of fused-ring (bicyclic) bond motifs is 1. The van der Waals surface area contributed by atoms with Gasteiger partial charge in [0.05, 0.1) is 17.7 Å². The van der Waals surface area contributed by atoms with Crippen LogP contribution in [0.4, 0.5) is 0 Å².